The number of rotatable bonds is 6. The average Bonchev–Trinajstić information content (AvgIpc) is 2.73. The molecule has 1 atom stereocenters. The van der Waals surface area contributed by atoms with Gasteiger partial charge in [-0.25, -0.2) is 0 Å². The van der Waals surface area contributed by atoms with E-state index in [2.05, 4.69) is 10.2 Å². The van der Waals surface area contributed by atoms with Crippen LogP contribution in [-0.4, -0.2) is 51.0 Å². The highest BCUT2D eigenvalue weighted by Gasteiger charge is 2.29. The third kappa shape index (κ3) is 5.08. The Hall–Kier alpha value is -2.57. The summed E-state index contributed by atoms with van der Waals surface area (Å²) in [5.74, 6) is 0.602. The lowest BCUT2D eigenvalue weighted by atomic mass is 10.1. The summed E-state index contributed by atoms with van der Waals surface area (Å²) in [6.07, 6.45) is 0. The molecule has 0 radical (unpaired) electrons. The van der Waals surface area contributed by atoms with Crippen LogP contribution >= 0.6 is 11.6 Å². The van der Waals surface area contributed by atoms with E-state index in [0.29, 0.717) is 16.5 Å². The lowest BCUT2D eigenvalue weighted by Crippen LogP contribution is -3.19. The number of hydrogen-bond acceptors (Lipinski definition) is 4. The van der Waals surface area contributed by atoms with Crippen LogP contribution in [0.2, 0.25) is 5.02 Å². The summed E-state index contributed by atoms with van der Waals surface area (Å²) < 4.78 is 5.30. The lowest BCUT2D eigenvalue weighted by Gasteiger charge is -2.36. The summed E-state index contributed by atoms with van der Waals surface area (Å²) in [7, 11) is 1.57. The Morgan fingerprint density at radius 3 is 2.38 bits per heavy atom. The first-order valence-electron chi connectivity index (χ1n) is 9.74. The fourth-order valence-electron chi connectivity index (χ4n) is 3.60. The topological polar surface area (TPSA) is 63.1 Å². The molecular weight excluding hydrogens is 390 g/mol. The summed E-state index contributed by atoms with van der Waals surface area (Å²) in [4.78, 5) is 27.7. The molecule has 29 heavy (non-hydrogen) atoms. The van der Waals surface area contributed by atoms with Crippen molar-refractivity contribution in [3.63, 3.8) is 0 Å². The summed E-state index contributed by atoms with van der Waals surface area (Å²) in [5, 5.41) is 3.49. The Balaban J connectivity index is 1.58. The van der Waals surface area contributed by atoms with Crippen molar-refractivity contribution in [1.82, 2.24) is 0 Å². The summed E-state index contributed by atoms with van der Waals surface area (Å²) in [5.41, 5.74) is 2.41. The van der Waals surface area contributed by atoms with E-state index >= 15 is 0 Å². The van der Waals surface area contributed by atoms with Crippen LogP contribution in [-0.2, 0) is 4.79 Å². The van der Waals surface area contributed by atoms with Crippen molar-refractivity contribution in [3.05, 3.63) is 53.1 Å². The zero-order chi connectivity index (χ0) is 21.0. The molecule has 0 saturated carbocycles. The van der Waals surface area contributed by atoms with Crippen LogP contribution in [0, 0.1) is 0 Å². The molecule has 1 amide bonds. The fraction of sp³-hybridized carbons (Fsp3) is 0.364. The smallest absolute Gasteiger partial charge is 0.282 e. The number of anilines is 2. The second-order valence-electron chi connectivity index (χ2n) is 7.30. The molecule has 2 aromatic carbocycles. The van der Waals surface area contributed by atoms with E-state index in [1.165, 1.54) is 4.90 Å². The molecule has 0 unspecified atom stereocenters. The van der Waals surface area contributed by atoms with E-state index in [0.717, 1.165) is 37.4 Å². The molecule has 0 spiro atoms. The second kappa shape index (κ2) is 9.29. The van der Waals surface area contributed by atoms with Gasteiger partial charge in [0.2, 0.25) is 0 Å². The van der Waals surface area contributed by atoms with E-state index in [1.54, 1.807) is 32.2 Å². The molecule has 1 fully saturated rings. The molecule has 1 saturated heterocycles. The minimum Gasteiger partial charge on any atom is -0.495 e. The minimum absolute atomic E-state index is 0.0557. The number of ketones is 1. The molecule has 1 aliphatic heterocycles. The Morgan fingerprint density at radius 2 is 1.79 bits per heavy atom. The maximum absolute atomic E-state index is 12.8. The van der Waals surface area contributed by atoms with E-state index in [1.807, 2.05) is 31.2 Å². The zero-order valence-corrected chi connectivity index (χ0v) is 17.8. The number of nitrogens with one attached hydrogen (secondary N) is 2. The molecule has 2 aromatic rings. The van der Waals surface area contributed by atoms with Gasteiger partial charge >= 0.3 is 0 Å². The molecule has 0 aliphatic carbocycles. The number of amides is 1. The second-order valence-corrected chi connectivity index (χ2v) is 7.74. The van der Waals surface area contributed by atoms with Gasteiger partial charge in [0.1, 0.15) is 5.75 Å². The van der Waals surface area contributed by atoms with E-state index in [9.17, 15) is 9.59 Å². The van der Waals surface area contributed by atoms with Crippen LogP contribution in [0.15, 0.2) is 42.5 Å². The number of carbonyl (C=O) groups excluding carboxylic acids is 2. The average molecular weight is 417 g/mol. The van der Waals surface area contributed by atoms with Crippen LogP contribution in [0.4, 0.5) is 11.4 Å². The number of Topliss-reactive ketones (excluding diaryl/α,β-unsaturated/α-hetero) is 1. The third-order valence-corrected chi connectivity index (χ3v) is 5.70. The molecule has 0 bridgehead atoms. The Bertz CT molecular complexity index is 877. The van der Waals surface area contributed by atoms with E-state index in [4.69, 9.17) is 16.3 Å². The number of carbonyl (C=O) groups is 2. The highest BCUT2D eigenvalue weighted by molar-refractivity contribution is 6.31. The number of benzene rings is 2. The van der Waals surface area contributed by atoms with Crippen LogP contribution in [0.3, 0.4) is 0 Å². The van der Waals surface area contributed by atoms with Crippen molar-refractivity contribution in [2.24, 2.45) is 0 Å². The van der Waals surface area contributed by atoms with Crippen molar-refractivity contribution in [1.29, 1.82) is 0 Å². The van der Waals surface area contributed by atoms with E-state index in [-0.39, 0.29) is 17.7 Å². The maximum Gasteiger partial charge on any atom is 0.282 e. The number of ether oxygens (including phenoxy) is 1. The maximum atomic E-state index is 12.8. The molecule has 3 rings (SSSR count). The summed E-state index contributed by atoms with van der Waals surface area (Å²) >= 11 is 6.05. The molecule has 6 nitrogen and oxygen atoms in total. The number of methoxy groups -OCH3 is 1. The van der Waals surface area contributed by atoms with Gasteiger partial charge in [-0.05, 0) is 56.3 Å². The van der Waals surface area contributed by atoms with Crippen molar-refractivity contribution in [3.8, 4) is 5.75 Å². The van der Waals surface area contributed by atoms with E-state index < -0.39 is 0 Å². The number of hydrogen-bond donors (Lipinski definition) is 2. The first-order chi connectivity index (χ1) is 13.9. The molecule has 7 heteroatoms. The Morgan fingerprint density at radius 1 is 1.14 bits per heavy atom. The minimum atomic E-state index is -0.194. The van der Waals surface area contributed by atoms with Gasteiger partial charge < -0.3 is 19.9 Å². The first-order valence-corrected chi connectivity index (χ1v) is 10.1. The number of piperazine rings is 1. The van der Waals surface area contributed by atoms with Gasteiger partial charge in [-0.2, -0.15) is 0 Å². The quantitative estimate of drug-likeness (QED) is 0.709. The first kappa shape index (κ1) is 21.1. The van der Waals surface area contributed by atoms with Gasteiger partial charge in [-0.1, -0.05) is 11.6 Å². The largest absolute Gasteiger partial charge is 0.495 e. The Kier molecular flexibility index (Phi) is 6.77. The monoisotopic (exact) mass is 416 g/mol. The van der Waals surface area contributed by atoms with Crippen molar-refractivity contribution in [2.75, 3.05) is 43.5 Å². The van der Waals surface area contributed by atoms with Gasteiger partial charge in [0.05, 0.1) is 39.0 Å². The summed E-state index contributed by atoms with van der Waals surface area (Å²) in [6, 6.07) is 12.7. The molecule has 0 aromatic heterocycles. The van der Waals surface area contributed by atoms with Gasteiger partial charge in [0, 0.05) is 16.3 Å². The Labute approximate surface area is 176 Å². The van der Waals surface area contributed by atoms with Gasteiger partial charge in [-0.15, -0.1) is 0 Å². The van der Waals surface area contributed by atoms with Crippen LogP contribution in [0.25, 0.3) is 0 Å². The highest BCUT2D eigenvalue weighted by Crippen LogP contribution is 2.27. The number of halogens is 1. The van der Waals surface area contributed by atoms with Gasteiger partial charge in [0.25, 0.3) is 5.91 Å². The number of nitrogens with zero attached hydrogens (tertiary/aromatic N) is 1. The van der Waals surface area contributed by atoms with Crippen LogP contribution < -0.4 is 19.9 Å². The predicted octanol–water partition coefficient (Wildman–Crippen LogP) is 2.28. The van der Waals surface area contributed by atoms with Gasteiger partial charge in [0.15, 0.2) is 11.8 Å². The lowest BCUT2D eigenvalue weighted by molar-refractivity contribution is -0.914. The zero-order valence-electron chi connectivity index (χ0n) is 17.0. The summed E-state index contributed by atoms with van der Waals surface area (Å²) in [6.45, 7) is 6.94. The molecular formula is C22H27ClN3O3+. The fourth-order valence-corrected chi connectivity index (χ4v) is 3.77. The molecule has 2 N–H and O–H groups in total. The van der Waals surface area contributed by atoms with Crippen LogP contribution in [0.1, 0.15) is 24.2 Å². The molecule has 154 valence electrons. The SMILES string of the molecule is COc1ccc(Cl)cc1NC(=O)[C@@H](C)[NH+]1CCN(c2ccc(C(C)=O)cc2)CC1. The standard InChI is InChI=1S/C22H26ClN3O3/c1-15(22(28)24-20-14-18(23)6-9-21(20)29-3)25-10-12-26(13-11-25)19-7-4-17(5-8-19)16(2)27/h4-9,14-15H,10-13H2,1-3H3,(H,24,28)/p+1/t15-/m1/s1. The molecule has 1 aliphatic rings. The third-order valence-electron chi connectivity index (χ3n) is 5.47. The normalized spacial score (nSPS) is 15.7. The van der Waals surface area contributed by atoms with Crippen molar-refractivity contribution >= 4 is 34.7 Å². The molecule has 1 heterocycles. The van der Waals surface area contributed by atoms with Crippen LogP contribution in [0.5, 0.6) is 5.75 Å². The van der Waals surface area contributed by atoms with Crippen molar-refractivity contribution in [2.45, 2.75) is 19.9 Å². The number of quaternary nitrogens is 1. The highest BCUT2D eigenvalue weighted by atomic mass is 35.5. The van der Waals surface area contributed by atoms with Crippen molar-refractivity contribution < 1.29 is 19.2 Å². The van der Waals surface area contributed by atoms with Gasteiger partial charge in [-0.3, -0.25) is 9.59 Å². The predicted molar refractivity (Wildman–Crippen MR) is 115 cm³/mol.